The number of rotatable bonds is 6. The number of hydrogen-bond donors (Lipinski definition) is 1. The predicted octanol–water partition coefficient (Wildman–Crippen LogP) is 4.87. The molecule has 7 nitrogen and oxygen atoms in total. The average molecular weight is 472 g/mol. The van der Waals surface area contributed by atoms with E-state index in [4.69, 9.17) is 14.7 Å². The highest BCUT2D eigenvalue weighted by Crippen LogP contribution is 2.36. The molecule has 0 saturated heterocycles. The van der Waals surface area contributed by atoms with Gasteiger partial charge in [-0.15, -0.1) is 32.9 Å². The number of carbonyl (C=O) groups is 1. The molecule has 1 amide bonds. The Kier molecular flexibility index (Phi) is 4.71. The van der Waals surface area contributed by atoms with Crippen LogP contribution in [0.15, 0.2) is 52.9 Å². The normalized spacial score (nSPS) is 14.4. The van der Waals surface area contributed by atoms with E-state index in [9.17, 15) is 4.79 Å². The summed E-state index contributed by atoms with van der Waals surface area (Å²) >= 11 is 3.39. The summed E-state index contributed by atoms with van der Waals surface area (Å²) in [4.78, 5) is 18.1. The molecule has 0 bridgehead atoms. The monoisotopic (exact) mass is 471 g/mol. The summed E-state index contributed by atoms with van der Waals surface area (Å²) in [7, 11) is 0. The van der Waals surface area contributed by atoms with E-state index in [0.717, 1.165) is 15.2 Å². The van der Waals surface area contributed by atoms with Crippen LogP contribution in [0.3, 0.4) is 0 Å². The first-order chi connectivity index (χ1) is 16.1. The molecule has 3 heterocycles. The average Bonchev–Trinajstić information content (AvgIpc) is 3.15. The van der Waals surface area contributed by atoms with Crippen LogP contribution in [-0.4, -0.2) is 26.6 Å². The first-order valence-corrected chi connectivity index (χ1v) is 12.1. The van der Waals surface area contributed by atoms with Crippen molar-refractivity contribution in [3.8, 4) is 16.5 Å². The van der Waals surface area contributed by atoms with Crippen molar-refractivity contribution in [3.63, 3.8) is 0 Å². The van der Waals surface area contributed by atoms with E-state index >= 15 is 0 Å². The number of thiazole rings is 1. The number of nitrogens with one attached hydrogen (secondary N) is 1. The first kappa shape index (κ1) is 20.0. The Balaban J connectivity index is 1.17. The van der Waals surface area contributed by atoms with Crippen molar-refractivity contribution in [2.45, 2.75) is 31.2 Å². The van der Waals surface area contributed by atoms with E-state index in [0.29, 0.717) is 25.2 Å². The molecule has 0 atom stereocenters. The van der Waals surface area contributed by atoms with Crippen LogP contribution in [0.5, 0.6) is 0 Å². The molecule has 1 N–H and O–H groups in total. The Labute approximate surface area is 196 Å². The summed E-state index contributed by atoms with van der Waals surface area (Å²) in [5.41, 5.74) is 1.41. The zero-order valence-corrected chi connectivity index (χ0v) is 19.0. The molecule has 9 heteroatoms. The van der Waals surface area contributed by atoms with E-state index in [2.05, 4.69) is 64.0 Å². The van der Waals surface area contributed by atoms with E-state index in [-0.39, 0.29) is 18.2 Å². The summed E-state index contributed by atoms with van der Waals surface area (Å²) in [6.07, 6.45) is 1.75. The van der Waals surface area contributed by atoms with Crippen molar-refractivity contribution in [1.29, 1.82) is 5.26 Å². The fraction of sp³-hybridized carbons (Fsp3) is 0.208. The summed E-state index contributed by atoms with van der Waals surface area (Å²) < 4.78 is 8.03. The Morgan fingerprint density at radius 1 is 1.09 bits per heavy atom. The topological polar surface area (TPSA) is 105 Å². The maximum absolute atomic E-state index is 12.1. The lowest BCUT2D eigenvalue weighted by Gasteiger charge is -2.06. The van der Waals surface area contributed by atoms with Gasteiger partial charge in [-0.3, -0.25) is 4.79 Å². The molecule has 3 aromatic heterocycles. The SMILES string of the molecule is N#CC1(NC(=O)Cc2nnc(Cc3nc4ccc(-c5cc6ccccc6s5)cc4s3)o2)CC1. The lowest BCUT2D eigenvalue weighted by Crippen LogP contribution is -2.36. The molecule has 2 aromatic carbocycles. The van der Waals surface area contributed by atoms with Crippen molar-refractivity contribution in [2.24, 2.45) is 0 Å². The van der Waals surface area contributed by atoms with E-state index in [1.54, 1.807) is 22.7 Å². The van der Waals surface area contributed by atoms with Crippen LogP contribution in [0.2, 0.25) is 0 Å². The van der Waals surface area contributed by atoms with Crippen molar-refractivity contribution in [3.05, 3.63) is 65.3 Å². The molecular weight excluding hydrogens is 454 g/mol. The second-order valence-electron chi connectivity index (χ2n) is 8.12. The minimum atomic E-state index is -0.699. The molecule has 0 spiro atoms. The van der Waals surface area contributed by atoms with Gasteiger partial charge < -0.3 is 9.73 Å². The molecule has 1 aliphatic rings. The number of nitriles is 1. The molecular formula is C24H17N5O2S2. The highest BCUT2D eigenvalue weighted by molar-refractivity contribution is 7.22. The van der Waals surface area contributed by atoms with Crippen molar-refractivity contribution >= 4 is 48.9 Å². The zero-order chi connectivity index (χ0) is 22.4. The van der Waals surface area contributed by atoms with Gasteiger partial charge >= 0.3 is 0 Å². The lowest BCUT2D eigenvalue weighted by atomic mass is 10.1. The number of benzene rings is 2. The number of thiophene rings is 1. The fourth-order valence-corrected chi connectivity index (χ4v) is 5.78. The van der Waals surface area contributed by atoms with Gasteiger partial charge in [-0.1, -0.05) is 24.3 Å². The second-order valence-corrected chi connectivity index (χ2v) is 10.3. The molecule has 0 aliphatic heterocycles. The fourth-order valence-electron chi connectivity index (χ4n) is 3.72. The van der Waals surface area contributed by atoms with Crippen LogP contribution in [-0.2, 0) is 17.6 Å². The lowest BCUT2D eigenvalue weighted by molar-refractivity contribution is -0.121. The molecule has 1 aliphatic carbocycles. The van der Waals surface area contributed by atoms with Gasteiger partial charge in [0.05, 0.1) is 22.7 Å². The van der Waals surface area contributed by atoms with Crippen LogP contribution < -0.4 is 5.32 Å². The van der Waals surface area contributed by atoms with Crippen molar-refractivity contribution in [1.82, 2.24) is 20.5 Å². The van der Waals surface area contributed by atoms with Gasteiger partial charge in [0.25, 0.3) is 0 Å². The van der Waals surface area contributed by atoms with Crippen molar-refractivity contribution < 1.29 is 9.21 Å². The van der Waals surface area contributed by atoms with Crippen LogP contribution in [0.4, 0.5) is 0 Å². The number of carbonyl (C=O) groups excluding carboxylic acids is 1. The van der Waals surface area contributed by atoms with Gasteiger partial charge in [0.1, 0.15) is 17.0 Å². The molecule has 162 valence electrons. The number of nitrogens with zero attached hydrogens (tertiary/aromatic N) is 4. The molecule has 6 rings (SSSR count). The largest absolute Gasteiger partial charge is 0.424 e. The van der Waals surface area contributed by atoms with E-state index < -0.39 is 5.54 Å². The number of amides is 1. The molecule has 33 heavy (non-hydrogen) atoms. The summed E-state index contributed by atoms with van der Waals surface area (Å²) in [5, 5.41) is 22.0. The smallest absolute Gasteiger partial charge is 0.230 e. The number of hydrogen-bond acceptors (Lipinski definition) is 8. The zero-order valence-electron chi connectivity index (χ0n) is 17.4. The van der Waals surface area contributed by atoms with Gasteiger partial charge in [0.15, 0.2) is 0 Å². The van der Waals surface area contributed by atoms with Crippen LogP contribution in [0, 0.1) is 11.3 Å². The van der Waals surface area contributed by atoms with Crippen LogP contribution >= 0.6 is 22.7 Å². The number of aromatic nitrogens is 3. The van der Waals surface area contributed by atoms with Gasteiger partial charge in [0.2, 0.25) is 17.7 Å². The van der Waals surface area contributed by atoms with Gasteiger partial charge in [-0.05, 0) is 48.1 Å². The van der Waals surface area contributed by atoms with Gasteiger partial charge in [0, 0.05) is 9.58 Å². The molecule has 5 aromatic rings. The minimum absolute atomic E-state index is 0.0329. The summed E-state index contributed by atoms with van der Waals surface area (Å²) in [6.45, 7) is 0. The number of fused-ring (bicyclic) bond motifs is 2. The van der Waals surface area contributed by atoms with Crippen molar-refractivity contribution in [2.75, 3.05) is 0 Å². The van der Waals surface area contributed by atoms with Gasteiger partial charge in [-0.25, -0.2) is 4.98 Å². The molecule has 0 unspecified atom stereocenters. The van der Waals surface area contributed by atoms with E-state index in [1.165, 1.54) is 20.5 Å². The first-order valence-electron chi connectivity index (χ1n) is 10.5. The third kappa shape index (κ3) is 3.99. The third-order valence-corrected chi connectivity index (χ3v) is 7.79. The Hall–Kier alpha value is -3.61. The highest BCUT2D eigenvalue weighted by Gasteiger charge is 2.44. The molecule has 0 radical (unpaired) electrons. The Morgan fingerprint density at radius 3 is 2.76 bits per heavy atom. The Morgan fingerprint density at radius 2 is 1.94 bits per heavy atom. The Bertz CT molecular complexity index is 1520. The van der Waals surface area contributed by atoms with E-state index in [1.807, 2.05) is 6.07 Å². The highest BCUT2D eigenvalue weighted by atomic mass is 32.1. The molecule has 1 saturated carbocycles. The predicted molar refractivity (Wildman–Crippen MR) is 127 cm³/mol. The summed E-state index contributed by atoms with van der Waals surface area (Å²) in [6, 6.07) is 19.1. The molecule has 1 fully saturated rings. The second kappa shape index (κ2) is 7.76. The maximum Gasteiger partial charge on any atom is 0.230 e. The quantitative estimate of drug-likeness (QED) is 0.379. The van der Waals surface area contributed by atoms with Crippen LogP contribution in [0.25, 0.3) is 30.7 Å². The standard InChI is InChI=1S/C24H17N5O2S2/c25-13-24(7-8-24)27-20(30)11-21-28-29-22(31-21)12-23-26-16-6-5-15(10-19(16)33-23)18-9-14-3-1-2-4-17(14)32-18/h1-6,9-10H,7-8,11-12H2,(H,27,30). The third-order valence-electron chi connectivity index (χ3n) is 5.61. The minimum Gasteiger partial charge on any atom is -0.424 e. The summed E-state index contributed by atoms with van der Waals surface area (Å²) in [5.74, 6) is 0.380. The van der Waals surface area contributed by atoms with Crippen LogP contribution in [0.1, 0.15) is 29.6 Å². The van der Waals surface area contributed by atoms with Gasteiger partial charge in [-0.2, -0.15) is 5.26 Å². The maximum atomic E-state index is 12.1.